The Bertz CT molecular complexity index is 414. The summed E-state index contributed by atoms with van der Waals surface area (Å²) >= 11 is 0. The van der Waals surface area contributed by atoms with Crippen molar-refractivity contribution in [3.8, 4) is 0 Å². The van der Waals surface area contributed by atoms with Crippen LogP contribution in [0.25, 0.3) is 0 Å². The molecule has 22 heavy (non-hydrogen) atoms. The van der Waals surface area contributed by atoms with Gasteiger partial charge in [0.05, 0.1) is 18.8 Å². The van der Waals surface area contributed by atoms with Crippen LogP contribution < -0.4 is 0 Å². The Hall–Kier alpha value is -0.0151. The molecule has 5 fully saturated rings. The molecule has 4 atom stereocenters. The molecule has 1 aliphatic carbocycles. The Balaban J connectivity index is 1.53. The molecule has 0 N–H and O–H groups in total. The average molecular weight is 303 g/mol. The fourth-order valence-corrected chi connectivity index (χ4v) is 6.74. The first kappa shape index (κ1) is 15.5. The summed E-state index contributed by atoms with van der Waals surface area (Å²) in [6, 6.07) is 1.52. The van der Waals surface area contributed by atoms with E-state index < -0.39 is 0 Å². The van der Waals surface area contributed by atoms with Crippen LogP contribution in [0.4, 0.5) is 0 Å². The van der Waals surface area contributed by atoms with Crippen molar-refractivity contribution >= 4 is 7.28 Å². The molecule has 4 aliphatic heterocycles. The Labute approximate surface area is 137 Å². The highest BCUT2D eigenvalue weighted by molar-refractivity contribution is 6.46. The van der Waals surface area contributed by atoms with Crippen LogP contribution in [0.5, 0.6) is 0 Å². The number of fused-ring (bicyclic) bond motifs is 3. The van der Waals surface area contributed by atoms with Gasteiger partial charge in [-0.15, -0.1) is 0 Å². The molecule has 0 aromatic heterocycles. The van der Waals surface area contributed by atoms with Crippen LogP contribution in [0.3, 0.4) is 0 Å². The van der Waals surface area contributed by atoms with Crippen molar-refractivity contribution < 1.29 is 4.74 Å². The summed E-state index contributed by atoms with van der Waals surface area (Å²) in [5, 5.41) is 0.755. The van der Waals surface area contributed by atoms with Crippen molar-refractivity contribution in [2.45, 2.75) is 101 Å². The summed E-state index contributed by atoms with van der Waals surface area (Å²) in [7, 11) is 1.54. The van der Waals surface area contributed by atoms with Gasteiger partial charge in [0, 0.05) is 12.1 Å². The molecular weight excluding hydrogens is 269 g/mol. The Morgan fingerprint density at radius 3 is 2.59 bits per heavy atom. The van der Waals surface area contributed by atoms with Crippen LogP contribution in [-0.4, -0.2) is 43.0 Å². The van der Waals surface area contributed by atoms with E-state index >= 15 is 0 Å². The normalized spacial score (nSPS) is 44.1. The average Bonchev–Trinajstić information content (AvgIpc) is 2.76. The molecule has 1 spiro atoms. The SMILES string of the molecule is CCC12BC(CC3CC4(COC4)N(C(C)C)C3CCCC1)C2. The molecule has 5 rings (SSSR count). The van der Waals surface area contributed by atoms with E-state index in [2.05, 4.69) is 25.7 Å². The standard InChI is InChI=1S/C19H34BNO/c1-4-18-8-6-5-7-17-15(9-16(11-18)20-18)10-19(12-22-13-19)21(17)14(2)3/h14-17,20H,4-13H2,1-3H3. The maximum atomic E-state index is 5.69. The predicted octanol–water partition coefficient (Wildman–Crippen LogP) is 4.02. The third-order valence-corrected chi connectivity index (χ3v) is 7.68. The monoisotopic (exact) mass is 303 g/mol. The molecule has 5 aliphatic rings. The van der Waals surface area contributed by atoms with Crippen molar-refractivity contribution in [1.29, 1.82) is 0 Å². The lowest BCUT2D eigenvalue weighted by atomic mass is 9.29. The minimum atomic E-state index is 0.420. The van der Waals surface area contributed by atoms with Crippen molar-refractivity contribution in [2.75, 3.05) is 13.2 Å². The Kier molecular flexibility index (Phi) is 3.89. The molecule has 2 nitrogen and oxygen atoms in total. The molecule has 4 unspecified atom stereocenters. The van der Waals surface area contributed by atoms with Gasteiger partial charge >= 0.3 is 0 Å². The highest BCUT2D eigenvalue weighted by atomic mass is 16.5. The maximum absolute atomic E-state index is 5.69. The molecule has 2 bridgehead atoms. The summed E-state index contributed by atoms with van der Waals surface area (Å²) in [5.41, 5.74) is 0.420. The van der Waals surface area contributed by atoms with Gasteiger partial charge in [-0.3, -0.25) is 4.90 Å². The Morgan fingerprint density at radius 2 is 2.00 bits per heavy atom. The first-order valence-electron chi connectivity index (χ1n) is 9.94. The second kappa shape index (κ2) is 5.51. The minimum absolute atomic E-state index is 0.420. The van der Waals surface area contributed by atoms with Gasteiger partial charge in [0.15, 0.2) is 0 Å². The highest BCUT2D eigenvalue weighted by Gasteiger charge is 2.57. The molecule has 0 aromatic rings. The summed E-state index contributed by atoms with van der Waals surface area (Å²) in [6.45, 7) is 9.25. The molecule has 124 valence electrons. The van der Waals surface area contributed by atoms with Crippen molar-refractivity contribution in [3.05, 3.63) is 0 Å². The van der Waals surface area contributed by atoms with E-state index in [0.717, 1.165) is 36.3 Å². The smallest absolute Gasteiger partial charge is 0.131 e. The molecule has 0 aromatic carbocycles. The van der Waals surface area contributed by atoms with E-state index in [-0.39, 0.29) is 0 Å². The zero-order chi connectivity index (χ0) is 15.4. The zero-order valence-corrected chi connectivity index (χ0v) is 14.9. The third-order valence-electron chi connectivity index (χ3n) is 7.68. The van der Waals surface area contributed by atoms with Crippen LogP contribution in [0, 0.1) is 5.92 Å². The van der Waals surface area contributed by atoms with Crippen molar-refractivity contribution in [1.82, 2.24) is 4.90 Å². The van der Waals surface area contributed by atoms with E-state index in [4.69, 9.17) is 4.74 Å². The fourth-order valence-electron chi connectivity index (χ4n) is 6.74. The summed E-state index contributed by atoms with van der Waals surface area (Å²) < 4.78 is 5.69. The Morgan fingerprint density at radius 1 is 1.23 bits per heavy atom. The van der Waals surface area contributed by atoms with Crippen molar-refractivity contribution in [2.24, 2.45) is 5.92 Å². The van der Waals surface area contributed by atoms with Gasteiger partial charge in [-0.2, -0.15) is 0 Å². The first-order valence-corrected chi connectivity index (χ1v) is 9.94. The van der Waals surface area contributed by atoms with E-state index in [1.54, 1.807) is 0 Å². The van der Waals surface area contributed by atoms with Gasteiger partial charge < -0.3 is 4.74 Å². The van der Waals surface area contributed by atoms with Gasteiger partial charge in [0.2, 0.25) is 0 Å². The number of hydrogen-bond donors (Lipinski definition) is 0. The summed E-state index contributed by atoms with van der Waals surface area (Å²) in [5.74, 6) is 1.99. The molecule has 3 heteroatoms. The quantitative estimate of drug-likeness (QED) is 0.715. The summed E-state index contributed by atoms with van der Waals surface area (Å²) in [6.07, 6.45) is 11.8. The van der Waals surface area contributed by atoms with Crippen molar-refractivity contribution in [3.63, 3.8) is 0 Å². The zero-order valence-electron chi connectivity index (χ0n) is 14.9. The van der Waals surface area contributed by atoms with Crippen LogP contribution in [0.2, 0.25) is 11.1 Å². The van der Waals surface area contributed by atoms with Gasteiger partial charge in [-0.1, -0.05) is 56.6 Å². The van der Waals surface area contributed by atoms with Crippen LogP contribution >= 0.6 is 0 Å². The highest BCUT2D eigenvalue weighted by Crippen LogP contribution is 2.59. The van der Waals surface area contributed by atoms with Crippen LogP contribution in [0.1, 0.15) is 72.1 Å². The van der Waals surface area contributed by atoms with Gasteiger partial charge in [0.1, 0.15) is 7.28 Å². The number of rotatable bonds is 2. The molecule has 1 saturated carbocycles. The van der Waals surface area contributed by atoms with E-state index in [9.17, 15) is 0 Å². The topological polar surface area (TPSA) is 12.5 Å². The van der Waals surface area contributed by atoms with Crippen LogP contribution in [0.15, 0.2) is 0 Å². The molecule has 4 heterocycles. The lowest BCUT2D eigenvalue weighted by Crippen LogP contribution is -2.62. The third kappa shape index (κ3) is 2.30. The number of likely N-dealkylation sites (tertiary alicyclic amines) is 1. The van der Waals surface area contributed by atoms with E-state index in [1.807, 2.05) is 0 Å². The number of hydrogen-bond acceptors (Lipinski definition) is 2. The lowest BCUT2D eigenvalue weighted by molar-refractivity contribution is -0.141. The fraction of sp³-hybridized carbons (Fsp3) is 1.00. The molecule has 4 saturated heterocycles. The summed E-state index contributed by atoms with van der Waals surface area (Å²) in [4.78, 5) is 2.90. The number of nitrogens with zero attached hydrogens (tertiary/aromatic N) is 1. The number of ether oxygens (including phenoxy) is 1. The van der Waals surface area contributed by atoms with Gasteiger partial charge in [-0.25, -0.2) is 0 Å². The van der Waals surface area contributed by atoms with Gasteiger partial charge in [-0.05, 0) is 32.6 Å². The second-order valence-electron chi connectivity index (χ2n) is 9.36. The predicted molar refractivity (Wildman–Crippen MR) is 94.0 cm³/mol. The lowest BCUT2D eigenvalue weighted by Gasteiger charge is -2.50. The van der Waals surface area contributed by atoms with E-state index in [1.165, 1.54) is 58.6 Å². The molecule has 0 radical (unpaired) electrons. The van der Waals surface area contributed by atoms with Crippen LogP contribution in [-0.2, 0) is 4.74 Å². The molecule has 0 amide bonds. The first-order chi connectivity index (χ1) is 10.6. The largest absolute Gasteiger partial charge is 0.377 e. The minimum Gasteiger partial charge on any atom is -0.377 e. The maximum Gasteiger partial charge on any atom is 0.131 e. The van der Waals surface area contributed by atoms with E-state index in [0.29, 0.717) is 11.6 Å². The molecular formula is C19H34BNO. The second-order valence-corrected chi connectivity index (χ2v) is 9.36. The van der Waals surface area contributed by atoms with Gasteiger partial charge in [0.25, 0.3) is 0 Å².